The van der Waals surface area contributed by atoms with Gasteiger partial charge in [0.1, 0.15) is 0 Å². The minimum atomic E-state index is -0.118. The number of anilines is 1. The number of carbonyl (C=O) groups excluding carboxylic acids is 1. The summed E-state index contributed by atoms with van der Waals surface area (Å²) in [7, 11) is 1.86. The van der Waals surface area contributed by atoms with Crippen LogP contribution in [0.2, 0.25) is 0 Å². The summed E-state index contributed by atoms with van der Waals surface area (Å²) in [5, 5.41) is 8.17. The van der Waals surface area contributed by atoms with E-state index >= 15 is 0 Å². The average molecular weight is 288 g/mol. The second-order valence-electron chi connectivity index (χ2n) is 5.58. The van der Waals surface area contributed by atoms with Gasteiger partial charge in [0, 0.05) is 31.6 Å². The molecule has 0 saturated carbocycles. The Hall–Kier alpha value is -2.15. The van der Waals surface area contributed by atoms with E-state index in [-0.39, 0.29) is 12.1 Å². The molecule has 7 heteroatoms. The maximum absolute atomic E-state index is 12.2. The Morgan fingerprint density at radius 1 is 1.52 bits per heavy atom. The van der Waals surface area contributed by atoms with Gasteiger partial charge >= 0.3 is 6.03 Å². The van der Waals surface area contributed by atoms with Crippen molar-refractivity contribution in [1.82, 2.24) is 19.7 Å². The van der Waals surface area contributed by atoms with Gasteiger partial charge in [0.25, 0.3) is 0 Å². The first kappa shape index (κ1) is 13.8. The van der Waals surface area contributed by atoms with Crippen molar-refractivity contribution in [2.75, 3.05) is 18.4 Å². The number of aryl methyl sites for hydroxylation is 2. The molecule has 0 unspecified atom stereocenters. The Kier molecular flexibility index (Phi) is 3.50. The molecular weight excluding hydrogens is 268 g/mol. The van der Waals surface area contributed by atoms with Crippen molar-refractivity contribution in [2.24, 2.45) is 12.8 Å². The monoisotopic (exact) mass is 288 g/mol. The fourth-order valence-electron chi connectivity index (χ4n) is 2.77. The third-order valence-electron chi connectivity index (χ3n) is 3.86. The Balaban J connectivity index is 1.78. The summed E-state index contributed by atoms with van der Waals surface area (Å²) in [6, 6.07) is 1.87. The van der Waals surface area contributed by atoms with Crippen molar-refractivity contribution < 1.29 is 4.79 Å². The van der Waals surface area contributed by atoms with Crippen LogP contribution in [0.5, 0.6) is 0 Å². The lowest BCUT2D eigenvalue weighted by Crippen LogP contribution is -2.47. The second kappa shape index (κ2) is 5.33. The predicted octanol–water partition coefficient (Wildman–Crippen LogP) is 1.23. The van der Waals surface area contributed by atoms with Crippen LogP contribution in [0.3, 0.4) is 0 Å². The number of hydrogen-bond donors (Lipinski definition) is 2. The van der Waals surface area contributed by atoms with Crippen LogP contribution < -0.4 is 11.1 Å². The molecule has 0 radical (unpaired) electrons. The molecule has 1 atom stereocenters. The van der Waals surface area contributed by atoms with Crippen LogP contribution in [0.25, 0.3) is 11.0 Å². The Morgan fingerprint density at radius 3 is 3.10 bits per heavy atom. The highest BCUT2D eigenvalue weighted by Crippen LogP contribution is 2.20. The summed E-state index contributed by atoms with van der Waals surface area (Å²) in [6.45, 7) is 3.29. The van der Waals surface area contributed by atoms with E-state index in [0.717, 1.165) is 36.1 Å². The normalized spacial score (nSPS) is 19.0. The quantitative estimate of drug-likeness (QED) is 0.826. The van der Waals surface area contributed by atoms with Gasteiger partial charge in [0.2, 0.25) is 0 Å². The van der Waals surface area contributed by atoms with Crippen molar-refractivity contribution in [3.05, 3.63) is 18.0 Å². The molecule has 0 spiro atoms. The molecule has 2 amide bonds. The Bertz CT molecular complexity index is 679. The maximum atomic E-state index is 12.2. The lowest BCUT2D eigenvalue weighted by Gasteiger charge is -2.30. The first-order valence-corrected chi connectivity index (χ1v) is 7.15. The van der Waals surface area contributed by atoms with Crippen LogP contribution >= 0.6 is 0 Å². The van der Waals surface area contributed by atoms with E-state index in [9.17, 15) is 4.79 Å². The van der Waals surface area contributed by atoms with Gasteiger partial charge in [0.05, 0.1) is 17.6 Å². The number of hydrogen-bond acceptors (Lipinski definition) is 4. The van der Waals surface area contributed by atoms with Crippen LogP contribution in [0, 0.1) is 6.92 Å². The van der Waals surface area contributed by atoms with Crippen molar-refractivity contribution in [3.63, 3.8) is 0 Å². The van der Waals surface area contributed by atoms with Gasteiger partial charge in [0.15, 0.2) is 5.65 Å². The smallest absolute Gasteiger partial charge is 0.321 e. The summed E-state index contributed by atoms with van der Waals surface area (Å²) in [5.41, 5.74) is 8.30. The van der Waals surface area contributed by atoms with E-state index in [1.165, 1.54) is 0 Å². The Morgan fingerprint density at radius 2 is 2.33 bits per heavy atom. The van der Waals surface area contributed by atoms with Crippen LogP contribution in [-0.4, -0.2) is 44.8 Å². The third-order valence-corrected chi connectivity index (χ3v) is 3.86. The molecule has 3 heterocycles. The number of pyridine rings is 1. The number of urea groups is 1. The van der Waals surface area contributed by atoms with Crippen LogP contribution in [0.15, 0.2) is 12.3 Å². The number of likely N-dealkylation sites (tertiary alicyclic amines) is 1. The number of amides is 2. The van der Waals surface area contributed by atoms with Crippen molar-refractivity contribution in [1.29, 1.82) is 0 Å². The van der Waals surface area contributed by atoms with Gasteiger partial charge in [-0.3, -0.25) is 4.68 Å². The van der Waals surface area contributed by atoms with E-state index in [1.807, 2.05) is 20.0 Å². The molecule has 1 aliphatic heterocycles. The molecule has 3 rings (SSSR count). The summed E-state index contributed by atoms with van der Waals surface area (Å²) in [6.07, 6.45) is 3.59. The number of nitrogens with zero attached hydrogens (tertiary/aromatic N) is 4. The highest BCUT2D eigenvalue weighted by Gasteiger charge is 2.21. The molecule has 0 bridgehead atoms. The molecule has 3 N–H and O–H groups in total. The minimum absolute atomic E-state index is 0.0747. The average Bonchev–Trinajstić information content (AvgIpc) is 2.74. The molecule has 0 aliphatic carbocycles. The first-order valence-electron chi connectivity index (χ1n) is 7.15. The molecular formula is C14H20N6O. The minimum Gasteiger partial charge on any atom is -0.326 e. The molecule has 21 heavy (non-hydrogen) atoms. The highest BCUT2D eigenvalue weighted by molar-refractivity contribution is 5.92. The van der Waals surface area contributed by atoms with Gasteiger partial charge in [-0.2, -0.15) is 5.10 Å². The molecule has 1 fully saturated rings. The van der Waals surface area contributed by atoms with E-state index in [0.29, 0.717) is 12.2 Å². The number of nitrogens with two attached hydrogens (primary N) is 1. The largest absolute Gasteiger partial charge is 0.326 e. The maximum Gasteiger partial charge on any atom is 0.321 e. The number of carbonyl (C=O) groups is 1. The number of aromatic nitrogens is 3. The zero-order valence-corrected chi connectivity index (χ0v) is 12.3. The number of rotatable bonds is 1. The number of nitrogens with one attached hydrogen (secondary N) is 1. The predicted molar refractivity (Wildman–Crippen MR) is 81.0 cm³/mol. The fourth-order valence-corrected chi connectivity index (χ4v) is 2.77. The molecule has 112 valence electrons. The SMILES string of the molecule is Cc1nn(C)c2ncc(NC(=O)N3CCC[C@@H](N)C3)cc12. The lowest BCUT2D eigenvalue weighted by molar-refractivity contribution is 0.193. The summed E-state index contributed by atoms with van der Waals surface area (Å²) >= 11 is 0. The summed E-state index contributed by atoms with van der Waals surface area (Å²) in [4.78, 5) is 18.4. The molecule has 2 aromatic heterocycles. The summed E-state index contributed by atoms with van der Waals surface area (Å²) < 4.78 is 1.74. The van der Waals surface area contributed by atoms with Gasteiger partial charge in [-0.15, -0.1) is 0 Å². The van der Waals surface area contributed by atoms with Crippen molar-refractivity contribution >= 4 is 22.8 Å². The van der Waals surface area contributed by atoms with Crippen molar-refractivity contribution in [3.8, 4) is 0 Å². The highest BCUT2D eigenvalue weighted by atomic mass is 16.2. The fraction of sp³-hybridized carbons (Fsp3) is 0.500. The molecule has 1 aliphatic rings. The molecule has 2 aromatic rings. The molecule has 7 nitrogen and oxygen atoms in total. The van der Waals surface area contributed by atoms with Crippen molar-refractivity contribution in [2.45, 2.75) is 25.8 Å². The zero-order chi connectivity index (χ0) is 15.0. The number of piperidine rings is 1. The van der Waals surface area contributed by atoms with Crippen LogP contribution in [0.1, 0.15) is 18.5 Å². The summed E-state index contributed by atoms with van der Waals surface area (Å²) in [5.74, 6) is 0. The van der Waals surface area contributed by atoms with Crippen LogP contribution in [-0.2, 0) is 7.05 Å². The standard InChI is InChI=1S/C14H20N6O/c1-9-12-6-11(7-16-13(12)19(2)18-9)17-14(21)20-5-3-4-10(15)8-20/h6-7,10H,3-5,8,15H2,1-2H3,(H,17,21)/t10-/m1/s1. The lowest BCUT2D eigenvalue weighted by atomic mass is 10.1. The molecule has 1 saturated heterocycles. The van der Waals surface area contributed by atoms with E-state index < -0.39 is 0 Å². The zero-order valence-electron chi connectivity index (χ0n) is 12.3. The van der Waals surface area contributed by atoms with E-state index in [2.05, 4.69) is 15.4 Å². The second-order valence-corrected chi connectivity index (χ2v) is 5.58. The third kappa shape index (κ3) is 2.69. The number of fused-ring (bicyclic) bond motifs is 1. The van der Waals surface area contributed by atoms with Gasteiger partial charge < -0.3 is 16.0 Å². The van der Waals surface area contributed by atoms with E-state index in [4.69, 9.17) is 5.73 Å². The van der Waals surface area contributed by atoms with Gasteiger partial charge in [-0.1, -0.05) is 0 Å². The van der Waals surface area contributed by atoms with Gasteiger partial charge in [-0.05, 0) is 25.8 Å². The molecule has 0 aromatic carbocycles. The van der Waals surface area contributed by atoms with E-state index in [1.54, 1.807) is 15.8 Å². The van der Waals surface area contributed by atoms with Crippen LogP contribution in [0.4, 0.5) is 10.5 Å². The Labute approximate surface area is 123 Å². The van der Waals surface area contributed by atoms with Gasteiger partial charge in [-0.25, -0.2) is 9.78 Å². The topological polar surface area (TPSA) is 89.1 Å². The first-order chi connectivity index (χ1) is 10.0.